The van der Waals surface area contributed by atoms with E-state index in [9.17, 15) is 9.59 Å². The lowest BCUT2D eigenvalue weighted by atomic mass is 10.0. The summed E-state index contributed by atoms with van der Waals surface area (Å²) in [6.07, 6.45) is 0. The number of carbonyl (C=O) groups excluding carboxylic acids is 2. The van der Waals surface area contributed by atoms with Gasteiger partial charge in [0.05, 0.1) is 42.4 Å². The van der Waals surface area contributed by atoms with Crippen LogP contribution >= 0.6 is 0 Å². The van der Waals surface area contributed by atoms with Crippen LogP contribution in [-0.4, -0.2) is 26.2 Å². The molecule has 140 valence electrons. The summed E-state index contributed by atoms with van der Waals surface area (Å²) in [5.74, 6) is 0.109. The average molecular weight is 375 g/mol. The van der Waals surface area contributed by atoms with Gasteiger partial charge in [0.15, 0.2) is 11.5 Å². The molecule has 28 heavy (non-hydrogen) atoms. The largest absolute Gasteiger partial charge is 0.465 e. The van der Waals surface area contributed by atoms with Gasteiger partial charge in [-0.2, -0.15) is 0 Å². The van der Waals surface area contributed by atoms with E-state index in [-0.39, 0.29) is 11.1 Å². The van der Waals surface area contributed by atoms with Crippen LogP contribution in [0.1, 0.15) is 20.7 Å². The number of anilines is 3. The van der Waals surface area contributed by atoms with E-state index in [1.165, 1.54) is 14.2 Å². The molecule has 0 spiro atoms. The van der Waals surface area contributed by atoms with Gasteiger partial charge < -0.3 is 19.1 Å². The van der Waals surface area contributed by atoms with Crippen LogP contribution in [0.15, 0.2) is 66.7 Å². The van der Waals surface area contributed by atoms with Crippen LogP contribution in [0, 0.1) is 0 Å². The lowest BCUT2D eigenvalue weighted by Crippen LogP contribution is -2.22. The molecule has 0 saturated carbocycles. The molecule has 0 bridgehead atoms. The van der Waals surface area contributed by atoms with E-state index >= 15 is 0 Å². The van der Waals surface area contributed by atoms with Gasteiger partial charge in [0, 0.05) is 0 Å². The molecular formula is C22H17NO5. The van der Waals surface area contributed by atoms with Crippen LogP contribution in [0.3, 0.4) is 0 Å². The monoisotopic (exact) mass is 375 g/mol. The number of fused-ring (bicyclic) bond motifs is 2. The van der Waals surface area contributed by atoms with Gasteiger partial charge in [0.25, 0.3) is 0 Å². The molecule has 0 N–H and O–H groups in total. The summed E-state index contributed by atoms with van der Waals surface area (Å²) in [5, 5.41) is 0. The maximum absolute atomic E-state index is 12.5. The minimum absolute atomic E-state index is 0.247. The van der Waals surface area contributed by atoms with Crippen molar-refractivity contribution in [2.45, 2.75) is 0 Å². The second-order valence-corrected chi connectivity index (χ2v) is 6.06. The third-order valence-corrected chi connectivity index (χ3v) is 4.50. The van der Waals surface area contributed by atoms with Gasteiger partial charge in [-0.1, -0.05) is 30.3 Å². The Morgan fingerprint density at radius 3 is 1.64 bits per heavy atom. The van der Waals surface area contributed by atoms with Gasteiger partial charge in [0.2, 0.25) is 0 Å². The number of para-hydroxylation sites is 5. The van der Waals surface area contributed by atoms with E-state index in [4.69, 9.17) is 14.2 Å². The minimum atomic E-state index is -0.554. The number of hydrogen-bond acceptors (Lipinski definition) is 6. The molecule has 3 aromatic carbocycles. The topological polar surface area (TPSA) is 65.1 Å². The van der Waals surface area contributed by atoms with E-state index in [2.05, 4.69) is 0 Å². The Hall–Kier alpha value is -3.80. The first-order valence-electron chi connectivity index (χ1n) is 8.61. The maximum Gasteiger partial charge on any atom is 0.340 e. The number of carbonyl (C=O) groups is 2. The molecule has 4 rings (SSSR count). The lowest BCUT2D eigenvalue weighted by molar-refractivity contribution is 0.0601. The Morgan fingerprint density at radius 1 is 0.714 bits per heavy atom. The fourth-order valence-electron chi connectivity index (χ4n) is 3.28. The Balaban J connectivity index is 2.07. The highest BCUT2D eigenvalue weighted by molar-refractivity contribution is 6.08. The molecule has 1 heterocycles. The number of ether oxygens (including phenoxy) is 3. The number of esters is 2. The molecular weight excluding hydrogens is 358 g/mol. The Morgan fingerprint density at radius 2 is 1.18 bits per heavy atom. The Bertz CT molecular complexity index is 996. The third-order valence-electron chi connectivity index (χ3n) is 4.50. The first kappa shape index (κ1) is 17.6. The molecule has 0 atom stereocenters. The third kappa shape index (κ3) is 2.75. The van der Waals surface area contributed by atoms with Crippen molar-refractivity contribution in [2.24, 2.45) is 0 Å². The summed E-state index contributed by atoms with van der Waals surface area (Å²) in [6, 6.07) is 19.7. The molecule has 0 unspecified atom stereocenters. The van der Waals surface area contributed by atoms with Crippen molar-refractivity contribution in [3.8, 4) is 11.5 Å². The summed E-state index contributed by atoms with van der Waals surface area (Å²) in [5.41, 5.74) is 2.27. The highest BCUT2D eigenvalue weighted by Crippen LogP contribution is 2.51. The van der Waals surface area contributed by atoms with Crippen LogP contribution in [-0.2, 0) is 9.47 Å². The fraction of sp³-hybridized carbons (Fsp3) is 0.0909. The number of nitrogens with zero attached hydrogens (tertiary/aromatic N) is 1. The van der Waals surface area contributed by atoms with E-state index < -0.39 is 11.9 Å². The Labute approximate surface area is 161 Å². The molecule has 1 aliphatic heterocycles. The van der Waals surface area contributed by atoms with Crippen molar-refractivity contribution >= 4 is 29.0 Å². The number of rotatable bonds is 3. The molecule has 0 fully saturated rings. The summed E-state index contributed by atoms with van der Waals surface area (Å²) in [7, 11) is 2.61. The van der Waals surface area contributed by atoms with E-state index in [1.54, 1.807) is 18.2 Å². The van der Waals surface area contributed by atoms with Crippen molar-refractivity contribution in [3.63, 3.8) is 0 Å². The van der Waals surface area contributed by atoms with Gasteiger partial charge in [-0.05, 0) is 36.4 Å². The normalized spacial score (nSPS) is 11.7. The van der Waals surface area contributed by atoms with Crippen molar-refractivity contribution in [1.29, 1.82) is 0 Å². The van der Waals surface area contributed by atoms with Crippen molar-refractivity contribution in [3.05, 3.63) is 77.9 Å². The average Bonchev–Trinajstić information content (AvgIpc) is 2.75. The first-order chi connectivity index (χ1) is 13.7. The second-order valence-electron chi connectivity index (χ2n) is 6.06. The Kier molecular flexibility index (Phi) is 4.45. The van der Waals surface area contributed by atoms with Crippen molar-refractivity contribution in [2.75, 3.05) is 19.1 Å². The SMILES string of the molecule is COC(=O)c1cccc(C(=O)OC)c1N1c2ccccc2Oc2ccccc21. The van der Waals surface area contributed by atoms with Gasteiger partial charge in [-0.25, -0.2) is 9.59 Å². The van der Waals surface area contributed by atoms with E-state index in [0.29, 0.717) is 28.6 Å². The molecule has 0 aliphatic carbocycles. The molecule has 6 nitrogen and oxygen atoms in total. The van der Waals surface area contributed by atoms with Gasteiger partial charge in [-0.3, -0.25) is 0 Å². The van der Waals surface area contributed by atoms with Crippen LogP contribution < -0.4 is 9.64 Å². The molecule has 0 saturated heterocycles. The molecule has 0 aromatic heterocycles. The summed E-state index contributed by atoms with van der Waals surface area (Å²) < 4.78 is 15.9. The molecule has 0 amide bonds. The van der Waals surface area contributed by atoms with Crippen LogP contribution in [0.4, 0.5) is 17.1 Å². The highest BCUT2D eigenvalue weighted by Gasteiger charge is 2.32. The van der Waals surface area contributed by atoms with Crippen LogP contribution in [0.2, 0.25) is 0 Å². The highest BCUT2D eigenvalue weighted by atomic mass is 16.5. The maximum atomic E-state index is 12.5. The standard InChI is InChI=1S/C22H17NO5/c1-26-21(24)14-8-7-9-15(22(25)27-2)20(14)23-16-10-3-5-12-18(16)28-19-13-6-4-11-17(19)23/h3-13H,1-2H3. The number of methoxy groups -OCH3 is 2. The molecule has 6 heteroatoms. The number of benzene rings is 3. The quantitative estimate of drug-likeness (QED) is 0.478. The summed E-state index contributed by atoms with van der Waals surface area (Å²) in [6.45, 7) is 0. The van der Waals surface area contributed by atoms with Gasteiger partial charge >= 0.3 is 11.9 Å². The van der Waals surface area contributed by atoms with Gasteiger partial charge in [0.1, 0.15) is 0 Å². The molecule has 3 aromatic rings. The summed E-state index contributed by atoms with van der Waals surface area (Å²) in [4.78, 5) is 26.9. The second kappa shape index (κ2) is 7.08. The predicted octanol–water partition coefficient (Wildman–Crippen LogP) is 4.84. The van der Waals surface area contributed by atoms with Crippen molar-refractivity contribution in [1.82, 2.24) is 0 Å². The van der Waals surface area contributed by atoms with E-state index in [1.807, 2.05) is 53.4 Å². The van der Waals surface area contributed by atoms with Crippen molar-refractivity contribution < 1.29 is 23.8 Å². The van der Waals surface area contributed by atoms with E-state index in [0.717, 1.165) is 0 Å². The lowest BCUT2D eigenvalue weighted by Gasteiger charge is -2.34. The molecule has 1 aliphatic rings. The summed E-state index contributed by atoms with van der Waals surface area (Å²) >= 11 is 0. The number of hydrogen-bond donors (Lipinski definition) is 0. The first-order valence-corrected chi connectivity index (χ1v) is 8.61. The van der Waals surface area contributed by atoms with Gasteiger partial charge in [-0.15, -0.1) is 0 Å². The zero-order valence-corrected chi connectivity index (χ0v) is 15.3. The zero-order chi connectivity index (χ0) is 19.7. The van der Waals surface area contributed by atoms with Crippen LogP contribution in [0.5, 0.6) is 11.5 Å². The fourth-order valence-corrected chi connectivity index (χ4v) is 3.28. The molecule has 0 radical (unpaired) electrons. The zero-order valence-electron chi connectivity index (χ0n) is 15.3. The van der Waals surface area contributed by atoms with Crippen LogP contribution in [0.25, 0.3) is 0 Å². The smallest absolute Gasteiger partial charge is 0.340 e. The predicted molar refractivity (Wildman–Crippen MR) is 104 cm³/mol. The minimum Gasteiger partial charge on any atom is -0.465 e.